The first-order valence-corrected chi connectivity index (χ1v) is 14.8. The molecular formula is C35H39N7O2. The van der Waals surface area contributed by atoms with Gasteiger partial charge in [-0.3, -0.25) is 9.59 Å². The van der Waals surface area contributed by atoms with Crippen molar-refractivity contribution in [1.29, 1.82) is 0 Å². The van der Waals surface area contributed by atoms with Crippen molar-refractivity contribution in [3.8, 4) is 11.1 Å². The number of hydrogen-bond donors (Lipinski definition) is 2. The third-order valence-corrected chi connectivity index (χ3v) is 7.47. The van der Waals surface area contributed by atoms with Crippen molar-refractivity contribution in [1.82, 2.24) is 19.8 Å². The number of rotatable bonds is 10. The highest BCUT2D eigenvalue weighted by atomic mass is 16.2. The minimum Gasteiger partial charge on any atom is -0.366 e. The molecule has 1 saturated heterocycles. The van der Waals surface area contributed by atoms with Gasteiger partial charge in [0, 0.05) is 80.1 Å². The fourth-order valence-corrected chi connectivity index (χ4v) is 4.88. The van der Waals surface area contributed by atoms with E-state index >= 15 is 0 Å². The van der Waals surface area contributed by atoms with E-state index in [1.807, 2.05) is 48.4 Å². The lowest BCUT2D eigenvalue weighted by Crippen LogP contribution is -2.49. The Labute approximate surface area is 259 Å². The fourth-order valence-electron chi connectivity index (χ4n) is 4.88. The van der Waals surface area contributed by atoms with Crippen LogP contribution in [0.25, 0.3) is 11.1 Å². The minimum atomic E-state index is -0.194. The number of carbonyl (C=O) groups excluding carboxylic acids is 2. The van der Waals surface area contributed by atoms with Gasteiger partial charge in [0.15, 0.2) is 0 Å². The maximum Gasteiger partial charge on any atom is 0.253 e. The Morgan fingerprint density at radius 2 is 1.52 bits per heavy atom. The second-order valence-corrected chi connectivity index (χ2v) is 11.2. The van der Waals surface area contributed by atoms with Crippen LogP contribution in [-0.4, -0.2) is 78.4 Å². The molecule has 3 heterocycles. The molecular weight excluding hydrogens is 550 g/mol. The topological polar surface area (TPSA) is 93.7 Å². The number of nitrogens with one attached hydrogen (secondary N) is 2. The van der Waals surface area contributed by atoms with Crippen LogP contribution in [0.2, 0.25) is 0 Å². The van der Waals surface area contributed by atoms with Crippen LogP contribution in [0.3, 0.4) is 0 Å². The van der Waals surface area contributed by atoms with E-state index < -0.39 is 0 Å². The molecule has 1 aliphatic rings. The number of carbonyl (C=O) groups is 2. The lowest BCUT2D eigenvalue weighted by Gasteiger charge is -2.35. The molecule has 0 atom stereocenters. The van der Waals surface area contributed by atoms with Gasteiger partial charge in [0.2, 0.25) is 5.91 Å². The summed E-state index contributed by atoms with van der Waals surface area (Å²) in [5, 5.41) is 6.20. The highest BCUT2D eigenvalue weighted by Gasteiger charge is 2.23. The predicted octanol–water partition coefficient (Wildman–Crippen LogP) is 5.08. The van der Waals surface area contributed by atoms with E-state index in [4.69, 9.17) is 4.98 Å². The summed E-state index contributed by atoms with van der Waals surface area (Å²) in [6, 6.07) is 23.6. The van der Waals surface area contributed by atoms with Gasteiger partial charge in [-0.15, -0.1) is 0 Å². The fraction of sp³-hybridized carbons (Fsp3) is 0.257. The van der Waals surface area contributed by atoms with Crippen LogP contribution in [0.4, 0.5) is 17.3 Å². The van der Waals surface area contributed by atoms with Crippen molar-refractivity contribution in [2.24, 2.45) is 0 Å². The third-order valence-electron chi connectivity index (χ3n) is 7.47. The number of nitrogens with zero attached hydrogens (tertiary/aromatic N) is 5. The molecule has 2 N–H and O–H groups in total. The number of piperazine rings is 1. The van der Waals surface area contributed by atoms with Gasteiger partial charge in [-0.05, 0) is 75.1 Å². The highest BCUT2D eigenvalue weighted by molar-refractivity contribution is 6.00. The average molecular weight is 590 g/mol. The van der Waals surface area contributed by atoms with E-state index in [9.17, 15) is 9.59 Å². The second-order valence-electron chi connectivity index (χ2n) is 11.2. The molecule has 0 saturated carbocycles. The van der Waals surface area contributed by atoms with E-state index in [1.54, 1.807) is 30.3 Å². The van der Waals surface area contributed by atoms with Gasteiger partial charge in [-0.2, -0.15) is 0 Å². The standard InChI is InChI=1S/C35H39N7O2/c1-26-6-8-27(9-7-26)23-36-32-16-12-29(24-37-32)30-13-17-33(38-25-30)41-19-21-42(22-20-41)35(44)28-10-14-31(15-11-28)39-34(43)5-4-18-40(2)3/h4-17,24-25H,18-23H2,1-3H3,(H,36,37)(H,39,43)/b5-4+. The number of hydrogen-bond acceptors (Lipinski definition) is 7. The molecule has 0 radical (unpaired) electrons. The first-order chi connectivity index (χ1) is 21.3. The normalized spacial score (nSPS) is 13.4. The molecule has 44 heavy (non-hydrogen) atoms. The van der Waals surface area contributed by atoms with E-state index in [-0.39, 0.29) is 11.8 Å². The van der Waals surface area contributed by atoms with E-state index in [0.717, 1.165) is 29.3 Å². The number of aromatic nitrogens is 2. The summed E-state index contributed by atoms with van der Waals surface area (Å²) in [6.07, 6.45) is 7.06. The molecule has 9 heteroatoms. The van der Waals surface area contributed by atoms with Crippen LogP contribution in [-0.2, 0) is 11.3 Å². The molecule has 2 amide bonds. The summed E-state index contributed by atoms with van der Waals surface area (Å²) in [5.41, 5.74) is 5.73. The smallest absolute Gasteiger partial charge is 0.253 e. The quantitative estimate of drug-likeness (QED) is 0.249. The number of benzene rings is 2. The van der Waals surface area contributed by atoms with Crippen molar-refractivity contribution in [2.45, 2.75) is 13.5 Å². The van der Waals surface area contributed by atoms with Crippen molar-refractivity contribution in [3.63, 3.8) is 0 Å². The predicted molar refractivity (Wildman–Crippen MR) is 177 cm³/mol. The molecule has 2 aromatic heterocycles. The van der Waals surface area contributed by atoms with Gasteiger partial charge in [0.05, 0.1) is 0 Å². The molecule has 2 aromatic carbocycles. The van der Waals surface area contributed by atoms with Crippen LogP contribution in [0.1, 0.15) is 21.5 Å². The highest BCUT2D eigenvalue weighted by Crippen LogP contribution is 2.23. The number of amides is 2. The number of likely N-dealkylation sites (N-methyl/N-ethyl adjacent to an activating group) is 1. The Hall–Kier alpha value is -5.02. The Morgan fingerprint density at radius 1 is 0.841 bits per heavy atom. The van der Waals surface area contributed by atoms with Gasteiger partial charge >= 0.3 is 0 Å². The molecule has 226 valence electrons. The van der Waals surface area contributed by atoms with Crippen LogP contribution < -0.4 is 15.5 Å². The number of aryl methyl sites for hydroxylation is 1. The van der Waals surface area contributed by atoms with Crippen molar-refractivity contribution in [2.75, 3.05) is 62.4 Å². The maximum absolute atomic E-state index is 13.1. The molecule has 0 unspecified atom stereocenters. The first kappa shape index (κ1) is 30.4. The monoisotopic (exact) mass is 589 g/mol. The summed E-state index contributed by atoms with van der Waals surface area (Å²) in [4.78, 5) is 40.5. The van der Waals surface area contributed by atoms with Gasteiger partial charge < -0.3 is 25.3 Å². The van der Waals surface area contributed by atoms with Crippen LogP contribution in [0.5, 0.6) is 0 Å². The van der Waals surface area contributed by atoms with Crippen LogP contribution >= 0.6 is 0 Å². The summed E-state index contributed by atoms with van der Waals surface area (Å²) >= 11 is 0. The van der Waals surface area contributed by atoms with Gasteiger partial charge in [-0.25, -0.2) is 9.97 Å². The van der Waals surface area contributed by atoms with E-state index in [2.05, 4.69) is 63.8 Å². The van der Waals surface area contributed by atoms with Crippen molar-refractivity contribution >= 4 is 29.1 Å². The average Bonchev–Trinajstić information content (AvgIpc) is 3.05. The lowest BCUT2D eigenvalue weighted by molar-refractivity contribution is -0.111. The van der Waals surface area contributed by atoms with Crippen molar-refractivity contribution < 1.29 is 9.59 Å². The summed E-state index contributed by atoms with van der Waals surface area (Å²) in [7, 11) is 3.88. The Kier molecular flexibility index (Phi) is 9.99. The minimum absolute atomic E-state index is 0.0129. The zero-order chi connectivity index (χ0) is 30.9. The molecule has 5 rings (SSSR count). The molecule has 0 aliphatic carbocycles. The number of pyridine rings is 2. The van der Waals surface area contributed by atoms with Gasteiger partial charge in [-0.1, -0.05) is 35.9 Å². The summed E-state index contributed by atoms with van der Waals surface area (Å²) in [5.74, 6) is 1.52. The zero-order valence-corrected chi connectivity index (χ0v) is 25.5. The van der Waals surface area contributed by atoms with Crippen LogP contribution in [0, 0.1) is 6.92 Å². The molecule has 1 aliphatic heterocycles. The maximum atomic E-state index is 13.1. The van der Waals surface area contributed by atoms with Crippen molar-refractivity contribution in [3.05, 3.63) is 114 Å². The Morgan fingerprint density at radius 3 is 2.14 bits per heavy atom. The van der Waals surface area contributed by atoms with E-state index in [1.165, 1.54) is 17.2 Å². The largest absolute Gasteiger partial charge is 0.366 e. The summed E-state index contributed by atoms with van der Waals surface area (Å²) < 4.78 is 0. The Bertz CT molecular complexity index is 1560. The zero-order valence-electron chi connectivity index (χ0n) is 25.5. The van der Waals surface area contributed by atoms with Gasteiger partial charge in [0.25, 0.3) is 5.91 Å². The third kappa shape index (κ3) is 8.29. The molecule has 0 spiro atoms. The molecule has 4 aromatic rings. The number of anilines is 3. The lowest BCUT2D eigenvalue weighted by atomic mass is 10.1. The SMILES string of the molecule is Cc1ccc(CNc2ccc(-c3ccc(N4CCN(C(=O)c5ccc(NC(=O)/C=C/CN(C)C)cc5)CC4)nc3)cn2)cc1. The molecule has 9 nitrogen and oxygen atoms in total. The van der Waals surface area contributed by atoms with Gasteiger partial charge in [0.1, 0.15) is 11.6 Å². The van der Waals surface area contributed by atoms with Crippen LogP contribution in [0.15, 0.2) is 97.3 Å². The molecule has 1 fully saturated rings. The second kappa shape index (κ2) is 14.4. The Balaban J connectivity index is 1.09. The first-order valence-electron chi connectivity index (χ1n) is 14.8. The molecule has 0 bridgehead atoms. The van der Waals surface area contributed by atoms with E-state index in [0.29, 0.717) is 44.0 Å². The summed E-state index contributed by atoms with van der Waals surface area (Å²) in [6.45, 7) is 6.13.